The summed E-state index contributed by atoms with van der Waals surface area (Å²) in [5.74, 6) is -0.474. The third kappa shape index (κ3) is 4.86. The summed E-state index contributed by atoms with van der Waals surface area (Å²) in [6.45, 7) is 6.21. The van der Waals surface area contributed by atoms with Gasteiger partial charge in [0.25, 0.3) is 11.5 Å². The number of rotatable bonds is 8. The largest absolute Gasteiger partial charge is 0.383 e. The quantitative estimate of drug-likeness (QED) is 0.395. The Labute approximate surface area is 208 Å². The SMILES string of the molecule is CCCCn1c(N)c(N(Cc2ccccc2)C(=O)c2cnn(-c3cccc(C)c3)c2C)c(=O)[nH]c1=O. The minimum atomic E-state index is -0.710. The zero-order valence-corrected chi connectivity index (χ0v) is 20.7. The Hall–Kier alpha value is -4.40. The average Bonchev–Trinajstić information content (AvgIpc) is 3.24. The normalized spacial score (nSPS) is 11.0. The van der Waals surface area contributed by atoms with Gasteiger partial charge < -0.3 is 5.73 Å². The number of carbonyl (C=O) groups excluding carboxylic acids is 1. The minimum Gasteiger partial charge on any atom is -0.383 e. The number of nitrogen functional groups attached to an aromatic ring is 1. The summed E-state index contributed by atoms with van der Waals surface area (Å²) in [4.78, 5) is 43.2. The lowest BCUT2D eigenvalue weighted by atomic mass is 10.1. The fraction of sp³-hybridized carbons (Fsp3) is 0.259. The van der Waals surface area contributed by atoms with E-state index in [0.29, 0.717) is 24.2 Å². The summed E-state index contributed by atoms with van der Waals surface area (Å²) in [5, 5.41) is 4.45. The first-order valence-corrected chi connectivity index (χ1v) is 11.9. The fourth-order valence-corrected chi connectivity index (χ4v) is 4.18. The highest BCUT2D eigenvalue weighted by Crippen LogP contribution is 2.24. The molecule has 0 saturated carbocycles. The molecular formula is C27H30N6O3. The molecule has 1 amide bonds. The number of carbonyl (C=O) groups is 1. The third-order valence-electron chi connectivity index (χ3n) is 6.13. The van der Waals surface area contributed by atoms with Gasteiger partial charge in [-0.05, 0) is 43.5 Å². The number of benzene rings is 2. The van der Waals surface area contributed by atoms with Crippen molar-refractivity contribution in [3.8, 4) is 5.69 Å². The molecule has 0 unspecified atom stereocenters. The van der Waals surface area contributed by atoms with Crippen LogP contribution < -0.4 is 21.9 Å². The highest BCUT2D eigenvalue weighted by atomic mass is 16.2. The molecule has 0 radical (unpaired) electrons. The zero-order valence-electron chi connectivity index (χ0n) is 20.7. The molecular weight excluding hydrogens is 456 g/mol. The highest BCUT2D eigenvalue weighted by Gasteiger charge is 2.28. The van der Waals surface area contributed by atoms with Gasteiger partial charge in [-0.2, -0.15) is 5.10 Å². The van der Waals surface area contributed by atoms with Gasteiger partial charge in [-0.15, -0.1) is 0 Å². The molecule has 0 atom stereocenters. The first-order valence-electron chi connectivity index (χ1n) is 11.9. The fourth-order valence-electron chi connectivity index (χ4n) is 4.18. The highest BCUT2D eigenvalue weighted by molar-refractivity contribution is 6.07. The number of unbranched alkanes of at least 4 members (excludes halogenated alkanes) is 1. The second-order valence-electron chi connectivity index (χ2n) is 8.77. The van der Waals surface area contributed by atoms with Crippen molar-refractivity contribution in [2.75, 3.05) is 10.6 Å². The molecule has 3 N–H and O–H groups in total. The van der Waals surface area contributed by atoms with Gasteiger partial charge in [0.1, 0.15) is 5.82 Å². The molecule has 0 fully saturated rings. The number of nitrogens with zero attached hydrogens (tertiary/aromatic N) is 4. The van der Waals surface area contributed by atoms with Crippen molar-refractivity contribution in [2.24, 2.45) is 0 Å². The Balaban J connectivity index is 1.84. The van der Waals surface area contributed by atoms with E-state index in [1.54, 1.807) is 11.6 Å². The number of aromatic nitrogens is 4. The predicted molar refractivity (Wildman–Crippen MR) is 141 cm³/mol. The smallest absolute Gasteiger partial charge is 0.330 e. The third-order valence-corrected chi connectivity index (χ3v) is 6.13. The molecule has 4 rings (SSSR count). The van der Waals surface area contributed by atoms with Gasteiger partial charge in [-0.3, -0.25) is 24.0 Å². The summed E-state index contributed by atoms with van der Waals surface area (Å²) < 4.78 is 3.01. The summed E-state index contributed by atoms with van der Waals surface area (Å²) >= 11 is 0. The molecule has 0 saturated heterocycles. The van der Waals surface area contributed by atoms with Gasteiger partial charge in [0.15, 0.2) is 5.69 Å². The predicted octanol–water partition coefficient (Wildman–Crippen LogP) is 3.57. The molecule has 2 aromatic carbocycles. The summed E-state index contributed by atoms with van der Waals surface area (Å²) in [5.41, 5.74) is 8.67. The van der Waals surface area contributed by atoms with E-state index in [-0.39, 0.29) is 18.1 Å². The first kappa shape index (κ1) is 24.7. The minimum absolute atomic E-state index is 0.0368. The number of aromatic amines is 1. The number of amides is 1. The van der Waals surface area contributed by atoms with E-state index in [9.17, 15) is 14.4 Å². The van der Waals surface area contributed by atoms with Gasteiger partial charge in [-0.25, -0.2) is 9.48 Å². The lowest BCUT2D eigenvalue weighted by Gasteiger charge is -2.24. The van der Waals surface area contributed by atoms with Gasteiger partial charge in [-0.1, -0.05) is 55.8 Å². The Morgan fingerprint density at radius 2 is 1.83 bits per heavy atom. The Morgan fingerprint density at radius 1 is 1.08 bits per heavy atom. The maximum atomic E-state index is 14.0. The summed E-state index contributed by atoms with van der Waals surface area (Å²) in [7, 11) is 0. The lowest BCUT2D eigenvalue weighted by Crippen LogP contribution is -2.41. The summed E-state index contributed by atoms with van der Waals surface area (Å²) in [6, 6.07) is 17.1. The van der Waals surface area contributed by atoms with Crippen molar-refractivity contribution in [3.63, 3.8) is 0 Å². The molecule has 2 aromatic heterocycles. The van der Waals surface area contributed by atoms with Crippen LogP contribution in [0.2, 0.25) is 0 Å². The van der Waals surface area contributed by atoms with E-state index in [1.807, 2.05) is 68.4 Å². The van der Waals surface area contributed by atoms with Gasteiger partial charge >= 0.3 is 5.69 Å². The second kappa shape index (κ2) is 10.5. The number of nitrogens with one attached hydrogen (secondary N) is 1. The van der Waals surface area contributed by atoms with Crippen LogP contribution in [0.5, 0.6) is 0 Å². The molecule has 0 aliphatic heterocycles. The molecule has 9 heteroatoms. The zero-order chi connectivity index (χ0) is 25.8. The molecule has 0 aliphatic carbocycles. The van der Waals surface area contributed by atoms with Crippen molar-refractivity contribution in [1.82, 2.24) is 19.3 Å². The molecule has 4 aromatic rings. The molecule has 9 nitrogen and oxygen atoms in total. The van der Waals surface area contributed by atoms with Crippen LogP contribution in [0.4, 0.5) is 11.5 Å². The van der Waals surface area contributed by atoms with E-state index < -0.39 is 17.2 Å². The Bertz CT molecular complexity index is 1500. The molecule has 36 heavy (non-hydrogen) atoms. The van der Waals surface area contributed by atoms with Crippen molar-refractivity contribution in [2.45, 2.75) is 46.7 Å². The second-order valence-corrected chi connectivity index (χ2v) is 8.77. The molecule has 2 heterocycles. The number of aryl methyl sites for hydroxylation is 1. The van der Waals surface area contributed by atoms with Crippen molar-refractivity contribution in [3.05, 3.63) is 104 Å². The molecule has 186 valence electrons. The van der Waals surface area contributed by atoms with E-state index >= 15 is 0 Å². The van der Waals surface area contributed by atoms with Crippen LogP contribution in [0.1, 0.15) is 46.9 Å². The van der Waals surface area contributed by atoms with Gasteiger partial charge in [0.05, 0.1) is 29.7 Å². The van der Waals surface area contributed by atoms with E-state index in [1.165, 1.54) is 15.7 Å². The monoisotopic (exact) mass is 486 g/mol. The van der Waals surface area contributed by atoms with Gasteiger partial charge in [0, 0.05) is 6.54 Å². The number of H-pyrrole nitrogens is 1. The summed E-state index contributed by atoms with van der Waals surface area (Å²) in [6.07, 6.45) is 3.03. The van der Waals surface area contributed by atoms with E-state index in [4.69, 9.17) is 5.73 Å². The van der Waals surface area contributed by atoms with E-state index in [0.717, 1.165) is 23.2 Å². The topological polar surface area (TPSA) is 119 Å². The van der Waals surface area contributed by atoms with Crippen LogP contribution in [0.25, 0.3) is 5.69 Å². The van der Waals surface area contributed by atoms with Crippen LogP contribution in [0.15, 0.2) is 70.4 Å². The maximum absolute atomic E-state index is 14.0. The Morgan fingerprint density at radius 3 is 2.53 bits per heavy atom. The number of nitrogens with two attached hydrogens (primary N) is 1. The lowest BCUT2D eigenvalue weighted by molar-refractivity contribution is 0.0984. The van der Waals surface area contributed by atoms with E-state index in [2.05, 4.69) is 10.1 Å². The first-order chi connectivity index (χ1) is 17.3. The molecule has 0 spiro atoms. The Kier molecular flexibility index (Phi) is 7.19. The van der Waals surface area contributed by atoms with Crippen LogP contribution in [-0.4, -0.2) is 25.2 Å². The maximum Gasteiger partial charge on any atom is 0.330 e. The van der Waals surface area contributed by atoms with Crippen LogP contribution >= 0.6 is 0 Å². The molecule has 0 aliphatic rings. The van der Waals surface area contributed by atoms with Gasteiger partial charge in [0.2, 0.25) is 0 Å². The number of hydrogen-bond acceptors (Lipinski definition) is 5. The number of anilines is 2. The van der Waals surface area contributed by atoms with Crippen LogP contribution in [-0.2, 0) is 13.1 Å². The van der Waals surface area contributed by atoms with Crippen LogP contribution in [0, 0.1) is 13.8 Å². The van der Waals surface area contributed by atoms with Crippen molar-refractivity contribution in [1.29, 1.82) is 0 Å². The number of hydrogen-bond donors (Lipinski definition) is 2. The van der Waals surface area contributed by atoms with Crippen LogP contribution in [0.3, 0.4) is 0 Å². The van der Waals surface area contributed by atoms with Crippen molar-refractivity contribution >= 4 is 17.4 Å². The van der Waals surface area contributed by atoms with Crippen molar-refractivity contribution < 1.29 is 4.79 Å². The standard InChI is InChI=1S/C27H30N6O3/c1-4-5-14-31-24(28)23(25(34)30-27(31)36)32(17-20-11-7-6-8-12-20)26(35)22-16-29-33(19(22)3)21-13-9-10-18(2)15-21/h6-13,15-16H,4-5,14,17,28H2,1-3H3,(H,30,34,36). The average molecular weight is 487 g/mol. The molecule has 0 bridgehead atoms.